The fraction of sp³-hybridized carbons (Fsp3) is 0.667. The summed E-state index contributed by atoms with van der Waals surface area (Å²) in [4.78, 5) is 18.1. The minimum atomic E-state index is -0.913. The number of thioether (sulfide) groups is 1. The standard InChI is InChI=1S/C5H11NO2S.CH2O/c1-9-3-2-4(6)5(7)8;1-2/h4H,2-3,6H2,1H3,(H,7,8);1H2/t4-;/m0./s1. The van der Waals surface area contributed by atoms with E-state index in [0.29, 0.717) is 6.42 Å². The van der Waals surface area contributed by atoms with Gasteiger partial charge in [-0.2, -0.15) is 11.8 Å². The van der Waals surface area contributed by atoms with E-state index in [1.807, 2.05) is 13.0 Å². The summed E-state index contributed by atoms with van der Waals surface area (Å²) in [6.45, 7) is 2.00. The normalized spacial score (nSPS) is 11.1. The van der Waals surface area contributed by atoms with Crippen molar-refractivity contribution in [2.24, 2.45) is 5.73 Å². The molecule has 0 aliphatic heterocycles. The minimum Gasteiger partial charge on any atom is -0.480 e. The Morgan fingerprint density at radius 3 is 2.45 bits per heavy atom. The SMILES string of the molecule is C=O.CSCC[C@H](N)C(=O)O. The van der Waals surface area contributed by atoms with Crippen molar-refractivity contribution >= 4 is 24.5 Å². The molecule has 0 heterocycles. The molecule has 0 spiro atoms. The van der Waals surface area contributed by atoms with Gasteiger partial charge in [-0.1, -0.05) is 0 Å². The molecule has 11 heavy (non-hydrogen) atoms. The monoisotopic (exact) mass is 179 g/mol. The zero-order valence-electron chi connectivity index (χ0n) is 6.45. The van der Waals surface area contributed by atoms with Crippen LogP contribution in [0.4, 0.5) is 0 Å². The summed E-state index contributed by atoms with van der Waals surface area (Å²) in [5.74, 6) is -0.1000. The lowest BCUT2D eigenvalue weighted by atomic mass is 10.2. The van der Waals surface area contributed by atoms with E-state index in [4.69, 9.17) is 15.6 Å². The topological polar surface area (TPSA) is 80.4 Å². The van der Waals surface area contributed by atoms with Crippen molar-refractivity contribution in [2.45, 2.75) is 12.5 Å². The lowest BCUT2D eigenvalue weighted by Gasteiger charge is -2.02. The van der Waals surface area contributed by atoms with Gasteiger partial charge in [-0.15, -0.1) is 0 Å². The van der Waals surface area contributed by atoms with E-state index in [-0.39, 0.29) is 0 Å². The van der Waals surface area contributed by atoms with Crippen molar-refractivity contribution in [3.05, 3.63) is 0 Å². The van der Waals surface area contributed by atoms with Gasteiger partial charge in [-0.3, -0.25) is 4.79 Å². The summed E-state index contributed by atoms with van der Waals surface area (Å²) in [6.07, 6.45) is 2.48. The zero-order chi connectivity index (χ0) is 9.28. The van der Waals surface area contributed by atoms with Gasteiger partial charge in [0.2, 0.25) is 0 Å². The Labute approximate surface area is 70.2 Å². The van der Waals surface area contributed by atoms with Gasteiger partial charge >= 0.3 is 5.97 Å². The molecular weight excluding hydrogens is 166 g/mol. The molecule has 66 valence electrons. The van der Waals surface area contributed by atoms with Crippen LogP contribution in [0.5, 0.6) is 0 Å². The van der Waals surface area contributed by atoms with Crippen LogP contribution in [0, 0.1) is 0 Å². The second kappa shape index (κ2) is 9.45. The van der Waals surface area contributed by atoms with Crippen molar-refractivity contribution in [3.63, 3.8) is 0 Å². The van der Waals surface area contributed by atoms with E-state index < -0.39 is 12.0 Å². The largest absolute Gasteiger partial charge is 0.480 e. The first-order chi connectivity index (χ1) is 5.18. The number of rotatable bonds is 4. The van der Waals surface area contributed by atoms with Gasteiger partial charge in [0.1, 0.15) is 12.8 Å². The Morgan fingerprint density at radius 1 is 1.73 bits per heavy atom. The second-order valence-corrected chi connectivity index (χ2v) is 2.71. The molecule has 0 aromatic heterocycles. The molecule has 0 unspecified atom stereocenters. The molecule has 0 aromatic rings. The van der Waals surface area contributed by atoms with E-state index in [1.54, 1.807) is 11.8 Å². The van der Waals surface area contributed by atoms with Gasteiger partial charge in [-0.05, 0) is 18.4 Å². The molecule has 0 fully saturated rings. The van der Waals surface area contributed by atoms with Crippen LogP contribution < -0.4 is 5.73 Å². The van der Waals surface area contributed by atoms with E-state index in [2.05, 4.69) is 0 Å². The smallest absolute Gasteiger partial charge is 0.320 e. The number of aliphatic carboxylic acids is 1. The van der Waals surface area contributed by atoms with Crippen LogP contribution in [-0.2, 0) is 9.59 Å². The molecule has 0 aliphatic rings. The third kappa shape index (κ3) is 9.45. The number of hydrogen-bond acceptors (Lipinski definition) is 4. The molecule has 0 amide bonds. The molecule has 0 saturated heterocycles. The van der Waals surface area contributed by atoms with Crippen molar-refractivity contribution in [2.75, 3.05) is 12.0 Å². The number of carboxylic acid groups (broad SMARTS) is 1. The summed E-state index contributed by atoms with van der Waals surface area (Å²) in [5.41, 5.74) is 5.19. The highest BCUT2D eigenvalue weighted by molar-refractivity contribution is 7.98. The van der Waals surface area contributed by atoms with Gasteiger partial charge < -0.3 is 15.6 Å². The molecule has 4 nitrogen and oxygen atoms in total. The van der Waals surface area contributed by atoms with Crippen LogP contribution >= 0.6 is 11.8 Å². The van der Waals surface area contributed by atoms with Crippen LogP contribution in [0.15, 0.2) is 0 Å². The van der Waals surface area contributed by atoms with Crippen molar-refractivity contribution in [1.82, 2.24) is 0 Å². The average molecular weight is 179 g/mol. The highest BCUT2D eigenvalue weighted by Crippen LogP contribution is 1.97. The zero-order valence-corrected chi connectivity index (χ0v) is 7.26. The lowest BCUT2D eigenvalue weighted by Crippen LogP contribution is -2.30. The highest BCUT2D eigenvalue weighted by Gasteiger charge is 2.08. The van der Waals surface area contributed by atoms with Gasteiger partial charge in [0.15, 0.2) is 0 Å². The molecule has 1 atom stereocenters. The summed E-state index contributed by atoms with van der Waals surface area (Å²) >= 11 is 1.60. The lowest BCUT2D eigenvalue weighted by molar-refractivity contribution is -0.138. The molecule has 5 heteroatoms. The first-order valence-corrected chi connectivity index (χ1v) is 4.34. The number of hydrogen-bond donors (Lipinski definition) is 2. The predicted molar refractivity (Wildman–Crippen MR) is 45.7 cm³/mol. The molecule has 3 N–H and O–H groups in total. The van der Waals surface area contributed by atoms with Crippen LogP contribution in [0.1, 0.15) is 6.42 Å². The molecule has 0 aromatic carbocycles. The minimum absolute atomic E-state index is 0.552. The third-order valence-corrected chi connectivity index (χ3v) is 1.59. The first-order valence-electron chi connectivity index (χ1n) is 2.94. The van der Waals surface area contributed by atoms with Gasteiger partial charge in [-0.25, -0.2) is 0 Å². The molecule has 0 saturated carbocycles. The Balaban J connectivity index is 0. The maximum atomic E-state index is 10.1. The Morgan fingerprint density at radius 2 is 2.18 bits per heavy atom. The maximum absolute atomic E-state index is 10.1. The van der Waals surface area contributed by atoms with Crippen LogP contribution in [0.25, 0.3) is 0 Å². The summed E-state index contributed by atoms with van der Waals surface area (Å²) in [7, 11) is 0. The quantitative estimate of drug-likeness (QED) is 0.633. The van der Waals surface area contributed by atoms with Crippen molar-refractivity contribution in [3.8, 4) is 0 Å². The third-order valence-electron chi connectivity index (χ3n) is 0.950. The second-order valence-electron chi connectivity index (χ2n) is 1.73. The molecule has 0 rings (SSSR count). The van der Waals surface area contributed by atoms with Gasteiger partial charge in [0.05, 0.1) is 0 Å². The predicted octanol–water partition coefficient (Wildman–Crippen LogP) is -0.0335. The summed E-state index contributed by atoms with van der Waals surface area (Å²) in [5, 5.41) is 8.27. The summed E-state index contributed by atoms with van der Waals surface area (Å²) in [6, 6.07) is -0.683. The van der Waals surface area contributed by atoms with Gasteiger partial charge in [0, 0.05) is 0 Å². The van der Waals surface area contributed by atoms with E-state index in [0.717, 1.165) is 5.75 Å². The van der Waals surface area contributed by atoms with Crippen LogP contribution in [-0.4, -0.2) is 35.9 Å². The summed E-state index contributed by atoms with van der Waals surface area (Å²) < 4.78 is 0. The fourth-order valence-corrected chi connectivity index (χ4v) is 0.858. The Bertz CT molecular complexity index is 110. The Kier molecular flexibility index (Phi) is 11.2. The Hall–Kier alpha value is -0.550. The molecule has 0 bridgehead atoms. The molecular formula is C6H13NO3S. The van der Waals surface area contributed by atoms with Crippen LogP contribution in [0.2, 0.25) is 0 Å². The van der Waals surface area contributed by atoms with E-state index >= 15 is 0 Å². The molecule has 0 aliphatic carbocycles. The number of carbonyl (C=O) groups is 2. The first kappa shape index (κ1) is 13.1. The number of nitrogens with two attached hydrogens (primary N) is 1. The molecule has 0 radical (unpaired) electrons. The van der Waals surface area contributed by atoms with Crippen molar-refractivity contribution < 1.29 is 14.7 Å². The maximum Gasteiger partial charge on any atom is 0.320 e. The van der Waals surface area contributed by atoms with E-state index in [9.17, 15) is 4.79 Å². The highest BCUT2D eigenvalue weighted by atomic mass is 32.2. The van der Waals surface area contributed by atoms with E-state index in [1.165, 1.54) is 0 Å². The number of carboxylic acids is 1. The van der Waals surface area contributed by atoms with Crippen molar-refractivity contribution in [1.29, 1.82) is 0 Å². The average Bonchev–Trinajstić information content (AvgIpc) is 2.03. The van der Waals surface area contributed by atoms with Gasteiger partial charge in [0.25, 0.3) is 0 Å². The van der Waals surface area contributed by atoms with Crippen LogP contribution in [0.3, 0.4) is 0 Å². The fourth-order valence-electron chi connectivity index (χ4n) is 0.368. The number of carbonyl (C=O) groups excluding carboxylic acids is 1.